The van der Waals surface area contributed by atoms with E-state index in [2.05, 4.69) is 22.2 Å². The number of hydrogen-bond acceptors (Lipinski definition) is 4. The van der Waals surface area contributed by atoms with E-state index in [1.807, 2.05) is 30.5 Å². The van der Waals surface area contributed by atoms with Crippen molar-refractivity contribution in [2.75, 3.05) is 6.54 Å². The number of aryl methyl sites for hydroxylation is 1. The lowest BCUT2D eigenvalue weighted by atomic mass is 10.00. The zero-order valence-corrected chi connectivity index (χ0v) is 15.6. The molecule has 0 radical (unpaired) electrons. The lowest BCUT2D eigenvalue weighted by Crippen LogP contribution is -2.39. The second-order valence-electron chi connectivity index (χ2n) is 7.76. The minimum Gasteiger partial charge on any atom is -0.338 e. The molecule has 4 heterocycles. The molecule has 3 aromatic rings. The molecule has 0 unspecified atom stereocenters. The molecule has 1 amide bonds. The predicted molar refractivity (Wildman–Crippen MR) is 103 cm³/mol. The van der Waals surface area contributed by atoms with Crippen molar-refractivity contribution in [3.05, 3.63) is 42.0 Å². The molecule has 0 atom stereocenters. The van der Waals surface area contributed by atoms with Gasteiger partial charge in [-0.25, -0.2) is 9.97 Å². The molecule has 6 heteroatoms. The van der Waals surface area contributed by atoms with Gasteiger partial charge in [0.25, 0.3) is 0 Å². The molecule has 1 aliphatic heterocycles. The van der Waals surface area contributed by atoms with E-state index in [0.717, 1.165) is 59.2 Å². The van der Waals surface area contributed by atoms with E-state index < -0.39 is 0 Å². The minimum atomic E-state index is 0.235. The molecule has 1 saturated carbocycles. The fourth-order valence-electron chi connectivity index (χ4n) is 4.37. The number of pyridine rings is 2. The molecule has 6 nitrogen and oxygen atoms in total. The Bertz CT molecular complexity index is 1020. The number of hydrogen-bond donors (Lipinski definition) is 0. The van der Waals surface area contributed by atoms with E-state index in [4.69, 9.17) is 4.98 Å². The third-order valence-electron chi connectivity index (χ3n) is 5.87. The highest BCUT2D eigenvalue weighted by Crippen LogP contribution is 2.30. The van der Waals surface area contributed by atoms with Crippen LogP contribution in [0.25, 0.3) is 22.2 Å². The molecule has 0 spiro atoms. The Labute approximate surface area is 158 Å². The van der Waals surface area contributed by atoms with E-state index in [1.165, 1.54) is 12.8 Å². The number of aromatic nitrogens is 4. The van der Waals surface area contributed by atoms with Crippen molar-refractivity contribution in [1.82, 2.24) is 24.6 Å². The highest BCUT2D eigenvalue weighted by Gasteiger charge is 2.29. The van der Waals surface area contributed by atoms with Crippen molar-refractivity contribution >= 4 is 16.9 Å². The smallest absolute Gasteiger partial charge is 0.225 e. The average Bonchev–Trinajstić information content (AvgIpc) is 3.37. The van der Waals surface area contributed by atoms with Crippen molar-refractivity contribution < 1.29 is 4.79 Å². The zero-order chi connectivity index (χ0) is 18.4. The summed E-state index contributed by atoms with van der Waals surface area (Å²) in [5, 5.41) is 5.26. The van der Waals surface area contributed by atoms with Gasteiger partial charge in [-0.3, -0.25) is 9.48 Å². The third kappa shape index (κ3) is 2.99. The van der Waals surface area contributed by atoms with Crippen LogP contribution in [0, 0.1) is 5.92 Å². The van der Waals surface area contributed by atoms with Gasteiger partial charge in [0, 0.05) is 67.1 Å². The van der Waals surface area contributed by atoms with Crippen LogP contribution in [0.3, 0.4) is 0 Å². The summed E-state index contributed by atoms with van der Waals surface area (Å²) in [6.45, 7) is 1.44. The van der Waals surface area contributed by atoms with Crippen molar-refractivity contribution in [2.24, 2.45) is 13.0 Å². The molecular weight excluding hydrogens is 338 g/mol. The van der Waals surface area contributed by atoms with E-state index in [0.29, 0.717) is 12.5 Å². The first-order chi connectivity index (χ1) is 13.2. The summed E-state index contributed by atoms with van der Waals surface area (Å²) in [6, 6.07) is 4.28. The monoisotopic (exact) mass is 361 g/mol. The molecule has 1 fully saturated rings. The Kier molecular flexibility index (Phi) is 3.92. The quantitative estimate of drug-likeness (QED) is 0.704. The maximum atomic E-state index is 12.8. The Hall–Kier alpha value is -2.76. The van der Waals surface area contributed by atoms with Crippen molar-refractivity contribution in [3.63, 3.8) is 0 Å². The molecule has 138 valence electrons. The summed E-state index contributed by atoms with van der Waals surface area (Å²) in [5.74, 6) is 0.569. The number of carbonyl (C=O) groups excluding carboxylic acids is 1. The summed E-state index contributed by atoms with van der Waals surface area (Å²) < 4.78 is 1.79. The van der Waals surface area contributed by atoms with E-state index in [1.54, 1.807) is 4.68 Å². The summed E-state index contributed by atoms with van der Waals surface area (Å²) in [7, 11) is 1.91. The minimum absolute atomic E-state index is 0.235. The van der Waals surface area contributed by atoms with Crippen LogP contribution in [0.5, 0.6) is 0 Å². The number of fused-ring (bicyclic) bond motifs is 2. The number of carbonyl (C=O) groups is 1. The van der Waals surface area contributed by atoms with Crippen LogP contribution >= 0.6 is 0 Å². The summed E-state index contributed by atoms with van der Waals surface area (Å²) in [5.41, 5.74) is 5.09. The van der Waals surface area contributed by atoms with Gasteiger partial charge in [-0.1, -0.05) is 12.8 Å². The summed E-state index contributed by atoms with van der Waals surface area (Å²) >= 11 is 0. The molecular formula is C21H23N5O. The van der Waals surface area contributed by atoms with Gasteiger partial charge in [0.05, 0.1) is 6.20 Å². The van der Waals surface area contributed by atoms with Gasteiger partial charge >= 0.3 is 0 Å². The number of amides is 1. The van der Waals surface area contributed by atoms with Crippen LogP contribution in [0.2, 0.25) is 0 Å². The molecule has 5 rings (SSSR count). The maximum absolute atomic E-state index is 12.8. The van der Waals surface area contributed by atoms with Gasteiger partial charge in [-0.05, 0) is 30.5 Å². The normalized spacial score (nSPS) is 17.4. The SMILES string of the molecule is Cn1cc(-c2cnc3nc4c(cc3c2)CN(C(=O)C2CCCC2)CC4)cn1. The number of rotatable bonds is 2. The molecule has 1 aliphatic carbocycles. The predicted octanol–water partition coefficient (Wildman–Crippen LogP) is 3.11. The van der Waals surface area contributed by atoms with Crippen LogP contribution in [0.4, 0.5) is 0 Å². The van der Waals surface area contributed by atoms with Gasteiger partial charge in [0.1, 0.15) is 0 Å². The Morgan fingerprint density at radius 3 is 2.78 bits per heavy atom. The lowest BCUT2D eigenvalue weighted by Gasteiger charge is -2.30. The van der Waals surface area contributed by atoms with Gasteiger partial charge < -0.3 is 4.90 Å². The van der Waals surface area contributed by atoms with Crippen molar-refractivity contribution in [2.45, 2.75) is 38.6 Å². The van der Waals surface area contributed by atoms with E-state index in [-0.39, 0.29) is 5.92 Å². The molecule has 2 aliphatic rings. The van der Waals surface area contributed by atoms with Crippen LogP contribution in [-0.2, 0) is 24.8 Å². The van der Waals surface area contributed by atoms with Gasteiger partial charge in [0.15, 0.2) is 5.65 Å². The molecule has 0 aromatic carbocycles. The van der Waals surface area contributed by atoms with E-state index in [9.17, 15) is 4.79 Å². The average molecular weight is 361 g/mol. The third-order valence-corrected chi connectivity index (χ3v) is 5.87. The van der Waals surface area contributed by atoms with Gasteiger partial charge in [0.2, 0.25) is 5.91 Å². The highest BCUT2D eigenvalue weighted by atomic mass is 16.2. The molecule has 0 N–H and O–H groups in total. The van der Waals surface area contributed by atoms with Crippen LogP contribution in [-0.4, -0.2) is 37.1 Å². The van der Waals surface area contributed by atoms with Crippen LogP contribution in [0.15, 0.2) is 30.7 Å². The Morgan fingerprint density at radius 2 is 2.00 bits per heavy atom. The summed E-state index contributed by atoms with van der Waals surface area (Å²) in [4.78, 5) is 24.2. The second kappa shape index (κ2) is 6.44. The highest BCUT2D eigenvalue weighted by molar-refractivity contribution is 5.82. The maximum Gasteiger partial charge on any atom is 0.225 e. The molecule has 3 aromatic heterocycles. The second-order valence-corrected chi connectivity index (χ2v) is 7.76. The van der Waals surface area contributed by atoms with Crippen molar-refractivity contribution in [3.8, 4) is 11.1 Å². The zero-order valence-electron chi connectivity index (χ0n) is 15.6. The first-order valence-electron chi connectivity index (χ1n) is 9.74. The lowest BCUT2D eigenvalue weighted by molar-refractivity contribution is -0.136. The van der Waals surface area contributed by atoms with Gasteiger partial charge in [-0.15, -0.1) is 0 Å². The summed E-state index contributed by atoms with van der Waals surface area (Å²) in [6.07, 6.45) is 11.0. The standard InChI is InChI=1S/C21H23N5O/c1-25-12-18(11-23-25)16-8-15-9-17-13-26(21(27)14-4-2-3-5-14)7-6-19(17)24-20(15)22-10-16/h8-12,14H,2-7,13H2,1H3. The Morgan fingerprint density at radius 1 is 1.15 bits per heavy atom. The van der Waals surface area contributed by atoms with Crippen molar-refractivity contribution in [1.29, 1.82) is 0 Å². The Balaban J connectivity index is 1.46. The molecule has 0 saturated heterocycles. The van der Waals surface area contributed by atoms with Gasteiger partial charge in [-0.2, -0.15) is 5.10 Å². The van der Waals surface area contributed by atoms with Crippen LogP contribution in [0.1, 0.15) is 36.9 Å². The molecule has 0 bridgehead atoms. The topological polar surface area (TPSA) is 63.9 Å². The fourth-order valence-corrected chi connectivity index (χ4v) is 4.37. The number of nitrogens with zero attached hydrogens (tertiary/aromatic N) is 5. The molecule has 27 heavy (non-hydrogen) atoms. The first kappa shape index (κ1) is 16.4. The van der Waals surface area contributed by atoms with Crippen LogP contribution < -0.4 is 0 Å². The largest absolute Gasteiger partial charge is 0.338 e. The fraction of sp³-hybridized carbons (Fsp3) is 0.429. The van der Waals surface area contributed by atoms with E-state index >= 15 is 0 Å². The first-order valence-corrected chi connectivity index (χ1v) is 9.74.